The van der Waals surface area contributed by atoms with E-state index in [1.807, 2.05) is 0 Å². The minimum absolute atomic E-state index is 0.0430. The van der Waals surface area contributed by atoms with E-state index < -0.39 is 98.3 Å². The Bertz CT molecular complexity index is 1550. The van der Waals surface area contributed by atoms with Crippen LogP contribution < -0.4 is 19.1 Å². The number of phenols is 1. The number of methoxy groups -OCH3 is 1. The number of hydrogen-bond donors (Lipinski definition) is 10. The molecule has 0 radical (unpaired) electrons. The highest BCUT2D eigenvalue weighted by Gasteiger charge is 2.46. The molecule has 2 aromatic rings. The second-order valence-corrected chi connectivity index (χ2v) is 11.6. The topological polar surface area (TPSA) is 286 Å². The number of nitrogens with zero attached hydrogens (tertiary/aromatic N) is 1. The van der Waals surface area contributed by atoms with Crippen LogP contribution in [0.1, 0.15) is 11.1 Å². The molecule has 0 saturated carbocycles. The molecule has 0 spiro atoms. The van der Waals surface area contributed by atoms with Gasteiger partial charge >= 0.3 is 5.97 Å². The molecule has 5 rings (SSSR count). The summed E-state index contributed by atoms with van der Waals surface area (Å²) in [5, 5.41) is 100. The first-order chi connectivity index (χ1) is 23.3. The highest BCUT2D eigenvalue weighted by atomic mass is 16.7. The first-order valence-corrected chi connectivity index (χ1v) is 15.0. The minimum Gasteiger partial charge on any atom is -0.504 e. The summed E-state index contributed by atoms with van der Waals surface area (Å²) in [6.45, 7) is -1.38. The molecule has 1 amide bonds. The van der Waals surface area contributed by atoms with Crippen molar-refractivity contribution < 1.29 is 84.3 Å². The number of rotatable bonds is 10. The summed E-state index contributed by atoms with van der Waals surface area (Å²) in [4.78, 5) is 26.6. The lowest BCUT2D eigenvalue weighted by Gasteiger charge is -2.39. The Morgan fingerprint density at radius 3 is 1.92 bits per heavy atom. The SMILES string of the molecule is COc1cc(/C=C/C(=O)N2c3cc(O[C@@H]4O[C@H](CO)[C@@H](O)[C@H](O)[C@H]4O)c(O)cc3C[C@H]2C(=O)O)ccc1O[C@H]1O[C@@H](CO)[C@H](O)[C@@H](O)[C@@H]1O. The number of benzene rings is 2. The van der Waals surface area contributed by atoms with E-state index in [9.17, 15) is 60.7 Å². The van der Waals surface area contributed by atoms with Crippen molar-refractivity contribution in [3.8, 4) is 23.0 Å². The molecule has 3 heterocycles. The second kappa shape index (κ2) is 14.8. The number of carboxylic acid groups (broad SMARTS) is 1. The van der Waals surface area contributed by atoms with Crippen molar-refractivity contribution in [3.63, 3.8) is 0 Å². The van der Waals surface area contributed by atoms with Gasteiger partial charge in [-0.15, -0.1) is 0 Å². The van der Waals surface area contributed by atoms with E-state index >= 15 is 0 Å². The standard InChI is InChI=1S/C31H37NO17/c1-45-19-6-12(2-4-17(19)46-30-27(41)25(39)23(37)20(10-33)48-30)3-5-22(36)32-14-9-18(16(35)8-13(14)7-15(32)29(43)44)47-31-28(42)26(40)24(38)21(11-34)49-31/h2-6,8-9,15,20-21,23-28,30-31,33-35,37-42H,7,10-11H2,1H3,(H,43,44)/b5-3+/t15-,20-,21+,23-,24+,25+,26-,27-,28+,30-,31+/m0/s1. The van der Waals surface area contributed by atoms with E-state index in [0.717, 1.165) is 17.0 Å². The van der Waals surface area contributed by atoms with Gasteiger partial charge in [-0.2, -0.15) is 0 Å². The van der Waals surface area contributed by atoms with Crippen LogP contribution in [0.5, 0.6) is 23.0 Å². The third-order valence-electron chi connectivity index (χ3n) is 8.46. The molecule has 18 heteroatoms. The second-order valence-electron chi connectivity index (χ2n) is 11.6. The number of carbonyl (C=O) groups is 2. The van der Waals surface area contributed by atoms with Crippen LogP contribution in [0.2, 0.25) is 0 Å². The largest absolute Gasteiger partial charge is 0.504 e. The summed E-state index contributed by atoms with van der Waals surface area (Å²) >= 11 is 0. The van der Waals surface area contributed by atoms with Crippen molar-refractivity contribution in [2.75, 3.05) is 25.2 Å². The normalized spacial score (nSPS) is 32.9. The molecule has 49 heavy (non-hydrogen) atoms. The molecule has 0 bridgehead atoms. The van der Waals surface area contributed by atoms with E-state index in [2.05, 4.69) is 0 Å². The number of amides is 1. The van der Waals surface area contributed by atoms with E-state index in [1.165, 1.54) is 37.5 Å². The lowest BCUT2D eigenvalue weighted by molar-refractivity contribution is -0.277. The number of anilines is 1. The molecule has 2 aromatic carbocycles. The van der Waals surface area contributed by atoms with Crippen molar-refractivity contribution in [1.29, 1.82) is 0 Å². The maximum Gasteiger partial charge on any atom is 0.327 e. The van der Waals surface area contributed by atoms with Gasteiger partial charge in [-0.1, -0.05) is 6.07 Å². The highest BCUT2D eigenvalue weighted by Crippen LogP contribution is 2.42. The van der Waals surface area contributed by atoms with Gasteiger partial charge < -0.3 is 74.7 Å². The third kappa shape index (κ3) is 7.15. The molecule has 3 aliphatic heterocycles. The quantitative estimate of drug-likeness (QED) is 0.110. The van der Waals surface area contributed by atoms with Gasteiger partial charge in [0.2, 0.25) is 12.6 Å². The van der Waals surface area contributed by atoms with E-state index in [1.54, 1.807) is 0 Å². The highest BCUT2D eigenvalue weighted by molar-refractivity contribution is 6.09. The van der Waals surface area contributed by atoms with E-state index in [0.29, 0.717) is 5.56 Å². The van der Waals surface area contributed by atoms with Crippen LogP contribution in [0.3, 0.4) is 0 Å². The van der Waals surface area contributed by atoms with Gasteiger partial charge in [0.1, 0.15) is 54.9 Å². The Morgan fingerprint density at radius 2 is 1.39 bits per heavy atom. The Morgan fingerprint density at radius 1 is 0.816 bits per heavy atom. The van der Waals surface area contributed by atoms with Crippen molar-refractivity contribution in [1.82, 2.24) is 0 Å². The van der Waals surface area contributed by atoms with Gasteiger partial charge in [0, 0.05) is 18.6 Å². The summed E-state index contributed by atoms with van der Waals surface area (Å²) in [7, 11) is 1.31. The number of ether oxygens (including phenoxy) is 5. The van der Waals surface area contributed by atoms with Crippen LogP contribution in [0.15, 0.2) is 36.4 Å². The summed E-state index contributed by atoms with van der Waals surface area (Å²) < 4.78 is 27.2. The molecule has 11 atom stereocenters. The van der Waals surface area contributed by atoms with Gasteiger partial charge in [-0.25, -0.2) is 4.79 Å². The first-order valence-electron chi connectivity index (χ1n) is 15.0. The summed E-state index contributed by atoms with van der Waals surface area (Å²) in [6, 6.07) is 5.30. The van der Waals surface area contributed by atoms with Crippen LogP contribution in [0.25, 0.3) is 6.08 Å². The van der Waals surface area contributed by atoms with Crippen LogP contribution >= 0.6 is 0 Å². The fraction of sp³-hybridized carbons (Fsp3) is 0.484. The summed E-state index contributed by atoms with van der Waals surface area (Å²) in [5.41, 5.74) is 0.722. The Kier molecular flexibility index (Phi) is 10.9. The summed E-state index contributed by atoms with van der Waals surface area (Å²) in [5.74, 6) is -2.83. The molecule has 2 saturated heterocycles. The first kappa shape index (κ1) is 36.2. The molecule has 18 nitrogen and oxygen atoms in total. The fourth-order valence-electron chi connectivity index (χ4n) is 5.73. The van der Waals surface area contributed by atoms with Crippen LogP contribution in [0, 0.1) is 0 Å². The molecule has 268 valence electrons. The van der Waals surface area contributed by atoms with Gasteiger partial charge in [0.25, 0.3) is 5.91 Å². The Labute approximate surface area is 277 Å². The number of phenolic OH excluding ortho intramolecular Hbond substituents is 1. The number of aromatic hydroxyl groups is 1. The average Bonchev–Trinajstić information content (AvgIpc) is 3.46. The molecule has 3 aliphatic rings. The number of carbonyl (C=O) groups excluding carboxylic acids is 1. The van der Waals surface area contributed by atoms with Crippen LogP contribution in [-0.4, -0.2) is 151 Å². The maximum atomic E-state index is 13.5. The van der Waals surface area contributed by atoms with Crippen LogP contribution in [0.4, 0.5) is 5.69 Å². The zero-order chi connectivity index (χ0) is 35.7. The third-order valence-corrected chi connectivity index (χ3v) is 8.46. The monoisotopic (exact) mass is 695 g/mol. The van der Waals surface area contributed by atoms with Gasteiger partial charge in [-0.3, -0.25) is 9.69 Å². The Hall–Kier alpha value is -4.08. The van der Waals surface area contributed by atoms with Gasteiger partial charge in [0.15, 0.2) is 23.0 Å². The van der Waals surface area contributed by atoms with Crippen molar-refractivity contribution in [3.05, 3.63) is 47.5 Å². The minimum atomic E-state index is -1.80. The lowest BCUT2D eigenvalue weighted by Crippen LogP contribution is -2.60. The smallest absolute Gasteiger partial charge is 0.327 e. The van der Waals surface area contributed by atoms with E-state index in [-0.39, 0.29) is 34.9 Å². The van der Waals surface area contributed by atoms with E-state index in [4.69, 9.17) is 23.7 Å². The average molecular weight is 696 g/mol. The molecule has 0 aliphatic carbocycles. The maximum absolute atomic E-state index is 13.5. The summed E-state index contributed by atoms with van der Waals surface area (Å²) in [6.07, 6.45) is -13.5. The zero-order valence-corrected chi connectivity index (χ0v) is 25.8. The molecular formula is C31H37NO17. The number of aliphatic hydroxyl groups excluding tert-OH is 8. The number of fused-ring (bicyclic) bond motifs is 1. The van der Waals surface area contributed by atoms with Gasteiger partial charge in [-0.05, 0) is 35.4 Å². The van der Waals surface area contributed by atoms with Gasteiger partial charge in [0.05, 0.1) is 26.0 Å². The van der Waals surface area contributed by atoms with Crippen molar-refractivity contribution in [2.24, 2.45) is 0 Å². The van der Waals surface area contributed by atoms with Crippen LogP contribution in [-0.2, 0) is 25.5 Å². The predicted molar refractivity (Wildman–Crippen MR) is 162 cm³/mol. The van der Waals surface area contributed by atoms with Crippen molar-refractivity contribution in [2.45, 2.75) is 73.9 Å². The number of aliphatic carboxylic acids is 1. The Balaban J connectivity index is 1.36. The molecular weight excluding hydrogens is 658 g/mol. The zero-order valence-electron chi connectivity index (χ0n) is 25.8. The lowest BCUT2D eigenvalue weighted by atomic mass is 9.99. The molecule has 10 N–H and O–H groups in total. The number of hydrogen-bond acceptors (Lipinski definition) is 16. The molecule has 0 aromatic heterocycles. The predicted octanol–water partition coefficient (Wildman–Crippen LogP) is -3.19. The fourth-order valence-corrected chi connectivity index (χ4v) is 5.73. The molecule has 0 unspecified atom stereocenters. The number of aliphatic hydroxyl groups is 8. The van der Waals surface area contributed by atoms with Crippen molar-refractivity contribution >= 4 is 23.6 Å². The molecule has 2 fully saturated rings. The number of carboxylic acids is 1.